The normalized spacial score (nSPS) is 15.7. The van der Waals surface area contributed by atoms with E-state index in [1.165, 1.54) is 11.1 Å². The molecule has 2 aromatic carbocycles. The molecule has 2 atom stereocenters. The van der Waals surface area contributed by atoms with Gasteiger partial charge in [0.25, 0.3) is 0 Å². The molecule has 39 heavy (non-hydrogen) atoms. The SMILES string of the molecule is CCN(Cc1ccccc1)Cc1ccc(/C=C/c2n[nH]c3c2CC(OC(C)c2c(Cl)cncc2Cl)C=C3)cc1. The summed E-state index contributed by atoms with van der Waals surface area (Å²) >= 11 is 12.7. The molecule has 5 rings (SSSR count). The number of fused-ring (bicyclic) bond motifs is 1. The van der Waals surface area contributed by atoms with Crippen molar-refractivity contribution in [3.63, 3.8) is 0 Å². The van der Waals surface area contributed by atoms with Crippen molar-refractivity contribution < 1.29 is 4.74 Å². The molecule has 2 aromatic heterocycles. The summed E-state index contributed by atoms with van der Waals surface area (Å²) in [5.74, 6) is 0. The van der Waals surface area contributed by atoms with Crippen molar-refractivity contribution in [3.05, 3.63) is 122 Å². The van der Waals surface area contributed by atoms with Gasteiger partial charge in [0.2, 0.25) is 0 Å². The van der Waals surface area contributed by atoms with Crippen LogP contribution >= 0.6 is 23.2 Å². The van der Waals surface area contributed by atoms with Crippen LogP contribution in [0.1, 0.15) is 59.2 Å². The van der Waals surface area contributed by atoms with Gasteiger partial charge in [-0.1, -0.05) is 96.9 Å². The van der Waals surface area contributed by atoms with E-state index in [4.69, 9.17) is 27.9 Å². The minimum absolute atomic E-state index is 0.116. The van der Waals surface area contributed by atoms with Gasteiger partial charge in [0.15, 0.2) is 0 Å². The standard InChI is InChI=1S/C32H32Cl2N4O/c1-3-38(20-24-7-5-4-6-8-24)21-25-11-9-23(10-12-25)13-15-30-27-17-26(14-16-31(27)37-36-30)39-22(2)32-28(33)18-35-19-29(32)34/h4-16,18-19,22,26H,3,17,20-21H2,1-2H3,(H,36,37)/b15-13+. The van der Waals surface area contributed by atoms with Gasteiger partial charge < -0.3 is 4.74 Å². The maximum atomic E-state index is 6.33. The number of ether oxygens (including phenoxy) is 1. The molecule has 0 fully saturated rings. The quantitative estimate of drug-likeness (QED) is 0.214. The van der Waals surface area contributed by atoms with Gasteiger partial charge >= 0.3 is 0 Å². The number of aromatic amines is 1. The summed E-state index contributed by atoms with van der Waals surface area (Å²) in [6.07, 6.45) is 11.7. The Bertz CT molecular complexity index is 1430. The van der Waals surface area contributed by atoms with E-state index < -0.39 is 0 Å². The van der Waals surface area contributed by atoms with E-state index in [0.717, 1.165) is 47.7 Å². The number of hydrogen-bond acceptors (Lipinski definition) is 4. The predicted octanol–water partition coefficient (Wildman–Crippen LogP) is 8.02. The Kier molecular flexibility index (Phi) is 8.95. The summed E-state index contributed by atoms with van der Waals surface area (Å²) in [6.45, 7) is 7.03. The second kappa shape index (κ2) is 12.8. The van der Waals surface area contributed by atoms with Crippen molar-refractivity contribution in [3.8, 4) is 0 Å². The zero-order valence-corrected chi connectivity index (χ0v) is 23.7. The van der Waals surface area contributed by atoms with Gasteiger partial charge in [0.1, 0.15) is 0 Å². The molecule has 0 saturated carbocycles. The lowest BCUT2D eigenvalue weighted by Crippen LogP contribution is -2.22. The Balaban J connectivity index is 1.21. The first-order valence-corrected chi connectivity index (χ1v) is 14.0. The van der Waals surface area contributed by atoms with Crippen LogP contribution in [0.3, 0.4) is 0 Å². The Morgan fingerprint density at radius 3 is 2.38 bits per heavy atom. The second-order valence-electron chi connectivity index (χ2n) is 9.76. The zero-order valence-electron chi connectivity index (χ0n) is 22.1. The number of H-pyrrole nitrogens is 1. The van der Waals surface area contributed by atoms with Crippen molar-refractivity contribution >= 4 is 41.4 Å². The molecule has 7 heteroatoms. The zero-order chi connectivity index (χ0) is 27.2. The third kappa shape index (κ3) is 6.87. The average Bonchev–Trinajstić information content (AvgIpc) is 3.35. The van der Waals surface area contributed by atoms with Gasteiger partial charge in [0.05, 0.1) is 33.6 Å². The maximum absolute atomic E-state index is 6.33. The second-order valence-corrected chi connectivity index (χ2v) is 10.6. The highest BCUT2D eigenvalue weighted by Gasteiger charge is 2.23. The predicted molar refractivity (Wildman–Crippen MR) is 160 cm³/mol. The molecule has 0 bridgehead atoms. The molecule has 0 amide bonds. The molecule has 2 heterocycles. The van der Waals surface area contributed by atoms with E-state index in [0.29, 0.717) is 16.5 Å². The summed E-state index contributed by atoms with van der Waals surface area (Å²) in [5.41, 5.74) is 7.59. The van der Waals surface area contributed by atoms with Crippen molar-refractivity contribution in [1.29, 1.82) is 0 Å². The first kappa shape index (κ1) is 27.4. The van der Waals surface area contributed by atoms with E-state index in [2.05, 4.69) is 93.8 Å². The molecule has 0 saturated heterocycles. The van der Waals surface area contributed by atoms with Crippen LogP contribution in [0.15, 0.2) is 73.1 Å². The fourth-order valence-corrected chi connectivity index (χ4v) is 5.55. The Hall–Kier alpha value is -3.22. The van der Waals surface area contributed by atoms with Gasteiger partial charge in [-0.05, 0) is 42.3 Å². The average molecular weight is 560 g/mol. The monoisotopic (exact) mass is 558 g/mol. The molecule has 2 unspecified atom stereocenters. The summed E-state index contributed by atoms with van der Waals surface area (Å²) in [6, 6.07) is 19.4. The number of nitrogens with one attached hydrogen (secondary N) is 1. The number of pyridine rings is 1. The maximum Gasteiger partial charge on any atom is 0.0888 e. The molecular weight excluding hydrogens is 527 g/mol. The highest BCUT2D eigenvalue weighted by molar-refractivity contribution is 6.35. The minimum atomic E-state index is -0.273. The summed E-state index contributed by atoms with van der Waals surface area (Å²) < 4.78 is 6.32. The lowest BCUT2D eigenvalue weighted by Gasteiger charge is -2.23. The molecular formula is C32H32Cl2N4O. The number of benzene rings is 2. The van der Waals surface area contributed by atoms with Crippen molar-refractivity contribution in [1.82, 2.24) is 20.1 Å². The van der Waals surface area contributed by atoms with Crippen LogP contribution < -0.4 is 0 Å². The molecule has 1 aliphatic rings. The first-order chi connectivity index (χ1) is 19.0. The van der Waals surface area contributed by atoms with Gasteiger partial charge in [-0.15, -0.1) is 0 Å². The van der Waals surface area contributed by atoms with Crippen molar-refractivity contribution in [2.24, 2.45) is 0 Å². The lowest BCUT2D eigenvalue weighted by molar-refractivity contribution is 0.0236. The Morgan fingerprint density at radius 2 is 1.69 bits per heavy atom. The molecule has 200 valence electrons. The van der Waals surface area contributed by atoms with Crippen LogP contribution in [0, 0.1) is 0 Å². The first-order valence-electron chi connectivity index (χ1n) is 13.2. The van der Waals surface area contributed by atoms with Crippen LogP contribution in [0.25, 0.3) is 18.2 Å². The summed E-state index contributed by atoms with van der Waals surface area (Å²) in [7, 11) is 0. The lowest BCUT2D eigenvalue weighted by atomic mass is 9.98. The highest BCUT2D eigenvalue weighted by Crippen LogP contribution is 2.34. The highest BCUT2D eigenvalue weighted by atomic mass is 35.5. The van der Waals surface area contributed by atoms with E-state index in [-0.39, 0.29) is 12.2 Å². The fraction of sp³-hybridized carbons (Fsp3) is 0.250. The van der Waals surface area contributed by atoms with Gasteiger partial charge in [-0.25, -0.2) is 0 Å². The van der Waals surface area contributed by atoms with Crippen molar-refractivity contribution in [2.45, 2.75) is 45.6 Å². The van der Waals surface area contributed by atoms with E-state index in [1.54, 1.807) is 12.4 Å². The van der Waals surface area contributed by atoms with E-state index in [1.807, 2.05) is 19.1 Å². The van der Waals surface area contributed by atoms with Crippen LogP contribution in [-0.2, 0) is 24.2 Å². The molecule has 4 aromatic rings. The number of hydrogen-bond donors (Lipinski definition) is 1. The number of nitrogens with zero attached hydrogens (tertiary/aromatic N) is 3. The largest absolute Gasteiger partial charge is 0.366 e. The number of aromatic nitrogens is 3. The topological polar surface area (TPSA) is 54.0 Å². The summed E-state index contributed by atoms with van der Waals surface area (Å²) in [5, 5.41) is 8.70. The molecule has 0 aliphatic heterocycles. The smallest absolute Gasteiger partial charge is 0.0888 e. The molecule has 1 N–H and O–H groups in total. The Labute approximate surface area is 240 Å². The number of rotatable bonds is 10. The third-order valence-corrected chi connectivity index (χ3v) is 7.61. The fourth-order valence-electron chi connectivity index (χ4n) is 4.88. The minimum Gasteiger partial charge on any atom is -0.366 e. The van der Waals surface area contributed by atoms with Crippen LogP contribution in [-0.4, -0.2) is 32.7 Å². The van der Waals surface area contributed by atoms with Crippen molar-refractivity contribution in [2.75, 3.05) is 6.54 Å². The Morgan fingerprint density at radius 1 is 1.00 bits per heavy atom. The van der Waals surface area contributed by atoms with E-state index >= 15 is 0 Å². The molecule has 5 nitrogen and oxygen atoms in total. The van der Waals surface area contributed by atoms with Gasteiger partial charge in [0, 0.05) is 43.0 Å². The number of halogens is 2. The van der Waals surface area contributed by atoms with Crippen LogP contribution in [0.5, 0.6) is 0 Å². The van der Waals surface area contributed by atoms with E-state index in [9.17, 15) is 0 Å². The molecule has 0 spiro atoms. The van der Waals surface area contributed by atoms with Gasteiger partial charge in [-0.3, -0.25) is 15.0 Å². The molecule has 1 aliphatic carbocycles. The van der Waals surface area contributed by atoms with Gasteiger partial charge in [-0.2, -0.15) is 5.10 Å². The third-order valence-electron chi connectivity index (χ3n) is 7.01. The van der Waals surface area contributed by atoms with Crippen LogP contribution in [0.2, 0.25) is 10.0 Å². The molecule has 0 radical (unpaired) electrons. The summed E-state index contributed by atoms with van der Waals surface area (Å²) in [4.78, 5) is 6.48. The van der Waals surface area contributed by atoms with Crippen LogP contribution in [0.4, 0.5) is 0 Å².